The summed E-state index contributed by atoms with van der Waals surface area (Å²) in [4.78, 5) is 12.5. The monoisotopic (exact) mass is 304 g/mol. The van der Waals surface area contributed by atoms with Crippen LogP contribution in [0.4, 0.5) is 0 Å². The molecule has 3 nitrogen and oxygen atoms in total. The van der Waals surface area contributed by atoms with Gasteiger partial charge in [0, 0.05) is 10.9 Å². The zero-order valence-corrected chi connectivity index (χ0v) is 12.1. The molecule has 0 saturated carbocycles. The minimum absolute atomic E-state index is 0.135. The van der Waals surface area contributed by atoms with E-state index in [1.807, 2.05) is 32.9 Å². The van der Waals surface area contributed by atoms with Crippen LogP contribution in [0.25, 0.3) is 0 Å². The molecule has 1 amide bonds. The van der Waals surface area contributed by atoms with Gasteiger partial charge in [0.25, 0.3) is 0 Å². The van der Waals surface area contributed by atoms with E-state index in [0.717, 1.165) is 3.79 Å². The van der Waals surface area contributed by atoms with Gasteiger partial charge in [-0.3, -0.25) is 10.1 Å². The Morgan fingerprint density at radius 3 is 2.44 bits per heavy atom. The van der Waals surface area contributed by atoms with E-state index in [0.29, 0.717) is 0 Å². The Labute approximate surface area is 109 Å². The number of carbonyl (C=O) groups excluding carboxylic acids is 1. The van der Waals surface area contributed by atoms with Crippen LogP contribution in [-0.2, 0) is 4.79 Å². The van der Waals surface area contributed by atoms with Crippen molar-refractivity contribution in [3.8, 4) is 0 Å². The molecule has 16 heavy (non-hydrogen) atoms. The van der Waals surface area contributed by atoms with Crippen molar-refractivity contribution in [2.75, 3.05) is 0 Å². The number of hydrogen-bond acceptors (Lipinski definition) is 3. The Morgan fingerprint density at radius 1 is 1.44 bits per heavy atom. The molecule has 1 aromatic rings. The number of rotatable bonds is 5. The lowest BCUT2D eigenvalue weighted by Gasteiger charge is -2.23. The lowest BCUT2D eigenvalue weighted by molar-refractivity contribution is -0.121. The number of carbonyl (C=O) groups is 1. The summed E-state index contributed by atoms with van der Waals surface area (Å²) in [5, 5.41) is 3.26. The number of nitrogens with one attached hydrogen (secondary N) is 1. The third-order valence-corrected chi connectivity index (χ3v) is 4.23. The van der Waals surface area contributed by atoms with Crippen LogP contribution in [0.5, 0.6) is 0 Å². The highest BCUT2D eigenvalue weighted by Gasteiger charge is 2.22. The van der Waals surface area contributed by atoms with Crippen LogP contribution in [0.2, 0.25) is 0 Å². The highest BCUT2D eigenvalue weighted by Crippen LogP contribution is 2.27. The molecular formula is C11H17BrN2OS. The summed E-state index contributed by atoms with van der Waals surface area (Å²) in [5.74, 6) is -0.0965. The fourth-order valence-corrected chi connectivity index (χ4v) is 2.95. The van der Waals surface area contributed by atoms with Gasteiger partial charge in [-0.2, -0.15) is 0 Å². The average molecular weight is 305 g/mol. The second-order valence-corrected chi connectivity index (χ2v) is 6.65. The maximum atomic E-state index is 11.3. The summed E-state index contributed by atoms with van der Waals surface area (Å²) < 4.78 is 1.09. The molecule has 1 rings (SSSR count). The van der Waals surface area contributed by atoms with Gasteiger partial charge in [-0.25, -0.2) is 0 Å². The maximum Gasteiger partial charge on any atom is 0.234 e. The molecule has 0 aliphatic carbocycles. The molecule has 0 saturated heterocycles. The normalized spacial score (nSPS) is 15.1. The van der Waals surface area contributed by atoms with Crippen LogP contribution < -0.4 is 11.1 Å². The summed E-state index contributed by atoms with van der Waals surface area (Å²) >= 11 is 5.09. The number of primary amides is 1. The van der Waals surface area contributed by atoms with Crippen LogP contribution in [0.3, 0.4) is 0 Å². The van der Waals surface area contributed by atoms with Gasteiger partial charge in [-0.15, -0.1) is 11.3 Å². The van der Waals surface area contributed by atoms with E-state index in [2.05, 4.69) is 21.2 Å². The topological polar surface area (TPSA) is 55.1 Å². The quantitative estimate of drug-likeness (QED) is 0.879. The molecule has 1 aromatic heterocycles. The van der Waals surface area contributed by atoms with Gasteiger partial charge in [-0.05, 0) is 40.9 Å². The zero-order valence-electron chi connectivity index (χ0n) is 9.66. The van der Waals surface area contributed by atoms with E-state index < -0.39 is 0 Å². The Bertz CT molecular complexity index is 365. The van der Waals surface area contributed by atoms with Crippen molar-refractivity contribution in [1.82, 2.24) is 5.32 Å². The summed E-state index contributed by atoms with van der Waals surface area (Å²) in [6.45, 7) is 6.01. The third-order valence-electron chi connectivity index (χ3n) is 2.42. The van der Waals surface area contributed by atoms with Gasteiger partial charge in [0.1, 0.15) is 0 Å². The first-order chi connectivity index (χ1) is 7.41. The van der Waals surface area contributed by atoms with E-state index in [4.69, 9.17) is 5.73 Å². The van der Waals surface area contributed by atoms with Gasteiger partial charge in [-0.1, -0.05) is 13.8 Å². The first-order valence-corrected chi connectivity index (χ1v) is 6.83. The summed E-state index contributed by atoms with van der Waals surface area (Å²) in [6, 6.07) is 3.91. The van der Waals surface area contributed by atoms with Gasteiger partial charge in [0.2, 0.25) is 5.91 Å². The predicted molar refractivity (Wildman–Crippen MR) is 71.4 cm³/mol. The molecule has 90 valence electrons. The van der Waals surface area contributed by atoms with E-state index >= 15 is 0 Å². The Kier molecular flexibility index (Phi) is 4.95. The van der Waals surface area contributed by atoms with Crippen LogP contribution >= 0.6 is 27.3 Å². The average Bonchev–Trinajstić information content (AvgIpc) is 2.59. The van der Waals surface area contributed by atoms with Gasteiger partial charge >= 0.3 is 0 Å². The molecule has 3 N–H and O–H groups in total. The molecule has 0 radical (unpaired) electrons. The van der Waals surface area contributed by atoms with Crippen LogP contribution in [-0.4, -0.2) is 11.9 Å². The summed E-state index contributed by atoms with van der Waals surface area (Å²) in [6.07, 6.45) is 0. The molecule has 0 aromatic carbocycles. The molecule has 1 heterocycles. The molecule has 0 aliphatic heterocycles. The molecular weight excluding hydrogens is 288 g/mol. The molecule has 0 spiro atoms. The highest BCUT2D eigenvalue weighted by atomic mass is 79.9. The molecule has 0 aliphatic rings. The largest absolute Gasteiger partial charge is 0.368 e. The van der Waals surface area contributed by atoms with E-state index in [9.17, 15) is 4.79 Å². The number of nitrogens with two attached hydrogens (primary N) is 1. The molecule has 2 unspecified atom stereocenters. The van der Waals surface area contributed by atoms with E-state index in [1.165, 1.54) is 4.88 Å². The summed E-state index contributed by atoms with van der Waals surface area (Å²) in [7, 11) is 0. The standard InChI is InChI=1S/C11H17BrN2OS/c1-6(2)10(11(13)15)14-7(3)8-4-5-9(12)16-8/h4-7,10,14H,1-3H3,(H2,13,15). The van der Waals surface area contributed by atoms with Crippen LogP contribution in [0.1, 0.15) is 31.7 Å². The third kappa shape index (κ3) is 3.57. The van der Waals surface area contributed by atoms with Crippen LogP contribution in [0.15, 0.2) is 15.9 Å². The van der Waals surface area contributed by atoms with Crippen molar-refractivity contribution in [3.63, 3.8) is 0 Å². The van der Waals surface area contributed by atoms with Crippen molar-refractivity contribution in [3.05, 3.63) is 20.8 Å². The fourth-order valence-electron chi connectivity index (χ4n) is 1.52. The van der Waals surface area contributed by atoms with Gasteiger partial charge in [0.15, 0.2) is 0 Å². The van der Waals surface area contributed by atoms with Crippen molar-refractivity contribution in [2.45, 2.75) is 32.9 Å². The molecule has 5 heteroatoms. The minimum atomic E-state index is -0.294. The van der Waals surface area contributed by atoms with Crippen molar-refractivity contribution < 1.29 is 4.79 Å². The second-order valence-electron chi connectivity index (χ2n) is 4.15. The van der Waals surface area contributed by atoms with Crippen molar-refractivity contribution >= 4 is 33.2 Å². The number of thiophene rings is 1. The lowest BCUT2D eigenvalue weighted by Crippen LogP contribution is -2.45. The highest BCUT2D eigenvalue weighted by molar-refractivity contribution is 9.11. The Balaban J connectivity index is 2.68. The van der Waals surface area contributed by atoms with Gasteiger partial charge < -0.3 is 5.73 Å². The second kappa shape index (κ2) is 5.80. The SMILES string of the molecule is CC(NC(C(N)=O)C(C)C)c1ccc(Br)s1. The zero-order chi connectivity index (χ0) is 12.3. The molecule has 0 bridgehead atoms. The van der Waals surface area contributed by atoms with Gasteiger partial charge in [0.05, 0.1) is 9.83 Å². The first kappa shape index (κ1) is 13.7. The van der Waals surface area contributed by atoms with E-state index in [1.54, 1.807) is 11.3 Å². The Hall–Kier alpha value is -0.390. The fraction of sp³-hybridized carbons (Fsp3) is 0.545. The molecule has 0 fully saturated rings. The molecule has 2 atom stereocenters. The van der Waals surface area contributed by atoms with Crippen LogP contribution in [0, 0.1) is 5.92 Å². The minimum Gasteiger partial charge on any atom is -0.368 e. The summed E-state index contributed by atoms with van der Waals surface area (Å²) in [5.41, 5.74) is 5.36. The van der Waals surface area contributed by atoms with Crippen molar-refractivity contribution in [2.24, 2.45) is 11.7 Å². The smallest absolute Gasteiger partial charge is 0.234 e. The number of amides is 1. The van der Waals surface area contributed by atoms with Crippen molar-refractivity contribution in [1.29, 1.82) is 0 Å². The first-order valence-electron chi connectivity index (χ1n) is 5.22. The number of hydrogen-bond donors (Lipinski definition) is 2. The maximum absolute atomic E-state index is 11.3. The van der Waals surface area contributed by atoms with E-state index in [-0.39, 0.29) is 23.9 Å². The number of halogens is 1. The Morgan fingerprint density at radius 2 is 2.06 bits per heavy atom. The predicted octanol–water partition coefficient (Wildman–Crippen LogP) is 2.67. The lowest BCUT2D eigenvalue weighted by atomic mass is 10.0.